The number of nitrogens with zero attached hydrogens (tertiary/aromatic N) is 2. The summed E-state index contributed by atoms with van der Waals surface area (Å²) in [6.45, 7) is 13.9. The third-order valence-corrected chi connectivity index (χ3v) is 12.6. The molecule has 11 rings (SSSR count). The van der Waals surface area contributed by atoms with Gasteiger partial charge in [-0.3, -0.25) is 0 Å². The largest absolute Gasteiger partial charge is 0.455 e. The van der Waals surface area contributed by atoms with Gasteiger partial charge < -0.3 is 14.2 Å². The van der Waals surface area contributed by atoms with Gasteiger partial charge in [-0.1, -0.05) is 157 Å². The molecule has 8 aromatic carbocycles. The van der Waals surface area contributed by atoms with Crippen LogP contribution in [0.5, 0.6) is 0 Å². The highest BCUT2D eigenvalue weighted by molar-refractivity contribution is 7.00. The Bertz CT molecular complexity index is 3100. The normalized spacial score (nSPS) is 13.6. The van der Waals surface area contributed by atoms with E-state index in [-0.39, 0.29) is 17.5 Å². The van der Waals surface area contributed by atoms with E-state index in [1.165, 1.54) is 66.7 Å². The molecule has 0 atom stereocenters. The van der Waals surface area contributed by atoms with Crippen LogP contribution >= 0.6 is 0 Å². The van der Waals surface area contributed by atoms with Gasteiger partial charge in [0.25, 0.3) is 6.71 Å². The third-order valence-electron chi connectivity index (χ3n) is 12.6. The summed E-state index contributed by atoms with van der Waals surface area (Å²) in [4.78, 5) is 5.06. The van der Waals surface area contributed by atoms with Crippen molar-refractivity contribution in [2.75, 3.05) is 9.80 Å². The van der Waals surface area contributed by atoms with Crippen molar-refractivity contribution in [3.63, 3.8) is 0 Å². The minimum atomic E-state index is -0.0187. The third kappa shape index (κ3) is 5.21. The van der Waals surface area contributed by atoms with Crippen LogP contribution in [0.15, 0.2) is 168 Å². The highest BCUT2D eigenvalue weighted by atomic mass is 16.3. The number of hydrogen-bond donors (Lipinski definition) is 0. The molecule has 0 saturated heterocycles. The Balaban J connectivity index is 1.15. The van der Waals surface area contributed by atoms with Crippen LogP contribution in [0.2, 0.25) is 0 Å². The van der Waals surface area contributed by atoms with Crippen LogP contribution in [0.3, 0.4) is 0 Å². The molecule has 0 aliphatic carbocycles. The molecule has 3 heterocycles. The predicted octanol–water partition coefficient (Wildman–Crippen LogP) is 13.1. The molecule has 1 aromatic heterocycles. The lowest BCUT2D eigenvalue weighted by atomic mass is 9.33. The van der Waals surface area contributed by atoms with Crippen molar-refractivity contribution in [1.29, 1.82) is 0 Å². The van der Waals surface area contributed by atoms with Crippen LogP contribution in [0.4, 0.5) is 34.1 Å². The van der Waals surface area contributed by atoms with E-state index < -0.39 is 0 Å². The second kappa shape index (κ2) is 12.5. The summed E-state index contributed by atoms with van der Waals surface area (Å²) in [5.74, 6) is 0. The van der Waals surface area contributed by atoms with Gasteiger partial charge in [-0.25, -0.2) is 0 Å². The van der Waals surface area contributed by atoms with E-state index in [1.54, 1.807) is 0 Å². The summed E-state index contributed by atoms with van der Waals surface area (Å²) in [6.07, 6.45) is 0. The fourth-order valence-corrected chi connectivity index (χ4v) is 9.57. The van der Waals surface area contributed by atoms with Crippen molar-refractivity contribution in [1.82, 2.24) is 0 Å². The molecular formula is C54H45BN2O. The summed E-state index contributed by atoms with van der Waals surface area (Å²) >= 11 is 0. The second-order valence-electron chi connectivity index (χ2n) is 18.2. The minimum Gasteiger partial charge on any atom is -0.455 e. The molecule has 4 heteroatoms. The Morgan fingerprint density at radius 3 is 1.71 bits per heavy atom. The van der Waals surface area contributed by atoms with E-state index in [1.807, 2.05) is 6.07 Å². The molecule has 0 fully saturated rings. The van der Waals surface area contributed by atoms with Crippen molar-refractivity contribution in [3.05, 3.63) is 175 Å². The number of hydrogen-bond acceptors (Lipinski definition) is 3. The maximum atomic E-state index is 6.48. The number of furan rings is 1. The van der Waals surface area contributed by atoms with E-state index in [9.17, 15) is 0 Å². The quantitative estimate of drug-likeness (QED) is 0.168. The topological polar surface area (TPSA) is 19.6 Å². The Hall–Kier alpha value is -6.52. The smallest absolute Gasteiger partial charge is 0.252 e. The molecule has 0 amide bonds. The average Bonchev–Trinajstić information content (AvgIpc) is 3.62. The van der Waals surface area contributed by atoms with E-state index in [0.29, 0.717) is 0 Å². The van der Waals surface area contributed by atoms with Crippen LogP contribution in [-0.2, 0) is 10.8 Å². The van der Waals surface area contributed by atoms with Gasteiger partial charge in [0.15, 0.2) is 0 Å². The fourth-order valence-electron chi connectivity index (χ4n) is 9.57. The molecule has 0 spiro atoms. The summed E-state index contributed by atoms with van der Waals surface area (Å²) < 4.78 is 6.48. The predicted molar refractivity (Wildman–Crippen MR) is 248 cm³/mol. The van der Waals surface area contributed by atoms with E-state index >= 15 is 0 Å². The van der Waals surface area contributed by atoms with Crippen molar-refractivity contribution < 1.29 is 4.42 Å². The van der Waals surface area contributed by atoms with Gasteiger partial charge in [0.05, 0.1) is 5.69 Å². The lowest BCUT2D eigenvalue weighted by Crippen LogP contribution is -2.61. The first-order valence-electron chi connectivity index (χ1n) is 20.6. The molecule has 0 N–H and O–H groups in total. The monoisotopic (exact) mass is 748 g/mol. The number of para-hydroxylation sites is 2. The zero-order valence-electron chi connectivity index (χ0n) is 34.0. The summed E-state index contributed by atoms with van der Waals surface area (Å²) in [5, 5.41) is 4.77. The Morgan fingerprint density at radius 2 is 1.00 bits per heavy atom. The maximum absolute atomic E-state index is 6.48. The van der Waals surface area contributed by atoms with Crippen LogP contribution in [-0.4, -0.2) is 6.71 Å². The minimum absolute atomic E-state index is 0.00738. The fraction of sp³-hybridized carbons (Fsp3) is 0.148. The number of anilines is 6. The van der Waals surface area contributed by atoms with Crippen molar-refractivity contribution in [3.8, 4) is 11.1 Å². The maximum Gasteiger partial charge on any atom is 0.252 e. The molecule has 2 aliphatic heterocycles. The van der Waals surface area contributed by atoms with Gasteiger partial charge in [-0.2, -0.15) is 0 Å². The van der Waals surface area contributed by atoms with Crippen LogP contribution < -0.4 is 26.2 Å². The molecule has 0 saturated carbocycles. The van der Waals surface area contributed by atoms with Crippen LogP contribution in [0.1, 0.15) is 52.7 Å². The van der Waals surface area contributed by atoms with Crippen molar-refractivity contribution in [2.24, 2.45) is 0 Å². The van der Waals surface area contributed by atoms with E-state index in [4.69, 9.17) is 4.42 Å². The first-order chi connectivity index (χ1) is 28.0. The molecule has 0 unspecified atom stereocenters. The number of benzene rings is 8. The molecule has 9 aromatic rings. The zero-order chi connectivity index (χ0) is 39.5. The van der Waals surface area contributed by atoms with Crippen molar-refractivity contribution in [2.45, 2.75) is 52.4 Å². The Labute approximate surface area is 341 Å². The lowest BCUT2D eigenvalue weighted by Gasteiger charge is -2.45. The lowest BCUT2D eigenvalue weighted by molar-refractivity contribution is 0.590. The van der Waals surface area contributed by atoms with Gasteiger partial charge in [-0.15, -0.1) is 0 Å². The molecule has 280 valence electrons. The van der Waals surface area contributed by atoms with Crippen LogP contribution in [0.25, 0.3) is 43.8 Å². The van der Waals surface area contributed by atoms with Gasteiger partial charge in [0.2, 0.25) is 0 Å². The molecule has 3 nitrogen and oxygen atoms in total. The van der Waals surface area contributed by atoms with Gasteiger partial charge >= 0.3 is 0 Å². The second-order valence-corrected chi connectivity index (χ2v) is 18.2. The van der Waals surface area contributed by atoms with E-state index in [2.05, 4.69) is 209 Å². The molecule has 58 heavy (non-hydrogen) atoms. The number of rotatable bonds is 3. The Kier molecular flexibility index (Phi) is 7.48. The van der Waals surface area contributed by atoms with Gasteiger partial charge in [0, 0.05) is 50.2 Å². The average molecular weight is 749 g/mol. The first-order valence-corrected chi connectivity index (χ1v) is 20.6. The summed E-state index contributed by atoms with van der Waals surface area (Å²) in [6, 6.07) is 60.8. The van der Waals surface area contributed by atoms with Crippen molar-refractivity contribution >= 4 is 89.9 Å². The van der Waals surface area contributed by atoms with E-state index in [0.717, 1.165) is 38.8 Å². The first kappa shape index (κ1) is 34.7. The zero-order valence-corrected chi connectivity index (χ0v) is 34.0. The van der Waals surface area contributed by atoms with Crippen LogP contribution in [0, 0.1) is 0 Å². The number of fused-ring (bicyclic) bond motifs is 8. The highest BCUT2D eigenvalue weighted by Crippen LogP contribution is 2.47. The molecular weight excluding hydrogens is 703 g/mol. The standard InChI is InChI=1S/C54H45BN2O/c1-53(2,3)36-26-30-43-48(32-36)56(38-28-24-35(25-29-38)40-18-12-19-42-41-17-9-10-23-50(41)58-52(40)42)46-21-13-22-47-51(46)55(43)44-31-27-37(54(4,5)6)33-49(44)57(47)45-20-11-15-34-14-7-8-16-39(34)45/h7-33H,1-6H3. The molecule has 0 bridgehead atoms. The highest BCUT2D eigenvalue weighted by Gasteiger charge is 2.44. The Morgan fingerprint density at radius 1 is 0.448 bits per heavy atom. The summed E-state index contributed by atoms with van der Waals surface area (Å²) in [7, 11) is 0. The SMILES string of the molecule is CC(C)(C)c1ccc2c(c1)N(c1ccc(-c3cccc4c3oc3ccccc34)cc1)c1cccc3c1B2c1ccc(C(C)(C)C)cc1N3c1cccc2ccccc12. The van der Waals surface area contributed by atoms with Gasteiger partial charge in [0.1, 0.15) is 11.2 Å². The molecule has 0 radical (unpaired) electrons. The summed E-state index contributed by atoms with van der Waals surface area (Å²) in [5.41, 5.74) is 17.9. The van der Waals surface area contributed by atoms with Gasteiger partial charge in [-0.05, 0) is 97.8 Å². The molecule has 2 aliphatic rings.